The van der Waals surface area contributed by atoms with Gasteiger partial charge in [0, 0.05) is 18.6 Å². The van der Waals surface area contributed by atoms with Crippen LogP contribution >= 0.6 is 0 Å². The Kier molecular flexibility index (Phi) is 2.77. The van der Waals surface area contributed by atoms with Crippen LogP contribution in [0, 0.1) is 11.7 Å². The topological polar surface area (TPSA) is 44.1 Å². The summed E-state index contributed by atoms with van der Waals surface area (Å²) in [6.07, 6.45) is 2.57. The zero-order chi connectivity index (χ0) is 13.6. The maximum atomic E-state index is 13.7. The monoisotopic (exact) mass is 262 g/mol. The highest BCUT2D eigenvalue weighted by Gasteiger charge is 2.46. The Hall–Kier alpha value is -1.91. The maximum Gasteiger partial charge on any atom is 0.309 e. The molecular formula is C14H15FN2O2. The zero-order valence-corrected chi connectivity index (χ0v) is 10.9. The van der Waals surface area contributed by atoms with Crippen molar-refractivity contribution in [3.63, 3.8) is 0 Å². The van der Waals surface area contributed by atoms with E-state index in [-0.39, 0.29) is 23.6 Å². The molecule has 1 heterocycles. The molecule has 1 aliphatic carbocycles. The molecule has 2 unspecified atom stereocenters. The Labute approximate surface area is 110 Å². The van der Waals surface area contributed by atoms with E-state index in [9.17, 15) is 9.18 Å². The minimum absolute atomic E-state index is 0.0891. The Morgan fingerprint density at radius 3 is 3.11 bits per heavy atom. The summed E-state index contributed by atoms with van der Waals surface area (Å²) < 4.78 is 20.3. The van der Waals surface area contributed by atoms with Gasteiger partial charge in [0.1, 0.15) is 5.52 Å². The molecule has 100 valence electrons. The van der Waals surface area contributed by atoms with Gasteiger partial charge in [-0.25, -0.2) is 4.39 Å². The minimum atomic E-state index is -0.326. The van der Waals surface area contributed by atoms with Gasteiger partial charge in [0.05, 0.1) is 12.5 Å². The lowest BCUT2D eigenvalue weighted by Gasteiger charge is -2.03. The van der Waals surface area contributed by atoms with Crippen LogP contribution in [0.4, 0.5) is 4.39 Å². The van der Waals surface area contributed by atoms with Crippen LogP contribution in [0.3, 0.4) is 0 Å². The van der Waals surface area contributed by atoms with Gasteiger partial charge in [-0.2, -0.15) is 5.10 Å². The molecule has 0 amide bonds. The first-order valence-electron chi connectivity index (χ1n) is 6.40. The van der Waals surface area contributed by atoms with Crippen LogP contribution in [0.25, 0.3) is 10.9 Å². The second-order valence-electron chi connectivity index (χ2n) is 4.90. The number of hydrogen-bond acceptors (Lipinski definition) is 3. The predicted molar refractivity (Wildman–Crippen MR) is 68.2 cm³/mol. The van der Waals surface area contributed by atoms with E-state index in [2.05, 4.69) is 5.10 Å². The molecule has 19 heavy (non-hydrogen) atoms. The van der Waals surface area contributed by atoms with Crippen LogP contribution in [0.1, 0.15) is 24.8 Å². The molecule has 2 atom stereocenters. The highest BCUT2D eigenvalue weighted by atomic mass is 19.1. The molecule has 5 heteroatoms. The second-order valence-corrected chi connectivity index (χ2v) is 4.90. The molecule has 1 aromatic heterocycles. The van der Waals surface area contributed by atoms with Gasteiger partial charge in [-0.15, -0.1) is 0 Å². The summed E-state index contributed by atoms with van der Waals surface area (Å²) in [5.74, 6) is -0.443. The van der Waals surface area contributed by atoms with Crippen molar-refractivity contribution in [1.29, 1.82) is 0 Å². The zero-order valence-electron chi connectivity index (χ0n) is 10.9. The molecule has 0 aliphatic heterocycles. The van der Waals surface area contributed by atoms with Crippen LogP contribution in [0.2, 0.25) is 0 Å². The van der Waals surface area contributed by atoms with E-state index in [1.807, 2.05) is 0 Å². The predicted octanol–water partition coefficient (Wildman–Crippen LogP) is 2.38. The summed E-state index contributed by atoms with van der Waals surface area (Å²) in [7, 11) is 1.76. The molecule has 1 aromatic carbocycles. The molecule has 0 saturated heterocycles. The molecule has 0 bridgehead atoms. The van der Waals surface area contributed by atoms with E-state index in [1.165, 1.54) is 6.07 Å². The highest BCUT2D eigenvalue weighted by Crippen LogP contribution is 2.50. The summed E-state index contributed by atoms with van der Waals surface area (Å²) in [5, 5.41) is 4.91. The number of halogens is 1. The normalized spacial score (nSPS) is 21.6. The van der Waals surface area contributed by atoms with Gasteiger partial charge in [0.15, 0.2) is 5.82 Å². The third-order valence-corrected chi connectivity index (χ3v) is 3.55. The number of aromatic nitrogens is 2. The number of carbonyl (C=O) groups is 1. The number of ether oxygens (including phenoxy) is 1. The number of fused-ring (bicyclic) bond motifs is 1. The van der Waals surface area contributed by atoms with Crippen LogP contribution < -0.4 is 0 Å². The SMILES string of the molecule is CCOC(=O)C1CC1c1ccc(F)c2nn(C)cc12. The average Bonchev–Trinajstić information content (AvgIpc) is 3.05. The quantitative estimate of drug-likeness (QED) is 0.798. The highest BCUT2D eigenvalue weighted by molar-refractivity contribution is 5.86. The Morgan fingerprint density at radius 1 is 1.58 bits per heavy atom. The van der Waals surface area contributed by atoms with Crippen molar-refractivity contribution >= 4 is 16.9 Å². The van der Waals surface area contributed by atoms with Crippen molar-refractivity contribution in [3.05, 3.63) is 29.7 Å². The van der Waals surface area contributed by atoms with Crippen molar-refractivity contribution in [2.24, 2.45) is 13.0 Å². The molecule has 2 aromatic rings. The summed E-state index contributed by atoms with van der Waals surface area (Å²) in [4.78, 5) is 11.7. The van der Waals surface area contributed by atoms with E-state index < -0.39 is 0 Å². The summed E-state index contributed by atoms with van der Waals surface area (Å²) >= 11 is 0. The minimum Gasteiger partial charge on any atom is -0.466 e. The third-order valence-electron chi connectivity index (χ3n) is 3.55. The van der Waals surface area contributed by atoms with Crippen LogP contribution in [0.5, 0.6) is 0 Å². The number of nitrogens with zero attached hydrogens (tertiary/aromatic N) is 2. The van der Waals surface area contributed by atoms with Crippen LogP contribution in [0.15, 0.2) is 18.3 Å². The number of rotatable bonds is 3. The maximum absolute atomic E-state index is 13.7. The molecule has 4 nitrogen and oxygen atoms in total. The van der Waals surface area contributed by atoms with Gasteiger partial charge in [-0.05, 0) is 30.9 Å². The average molecular weight is 262 g/mol. The van der Waals surface area contributed by atoms with E-state index in [4.69, 9.17) is 4.74 Å². The number of aryl methyl sites for hydroxylation is 1. The molecule has 0 spiro atoms. The first-order valence-corrected chi connectivity index (χ1v) is 6.40. The lowest BCUT2D eigenvalue weighted by atomic mass is 10.0. The fraction of sp³-hybridized carbons (Fsp3) is 0.429. The molecule has 0 N–H and O–H groups in total. The smallest absolute Gasteiger partial charge is 0.309 e. The van der Waals surface area contributed by atoms with Crippen LogP contribution in [-0.2, 0) is 16.6 Å². The Balaban J connectivity index is 1.95. The van der Waals surface area contributed by atoms with E-state index in [0.717, 1.165) is 17.4 Å². The lowest BCUT2D eigenvalue weighted by Crippen LogP contribution is -2.07. The fourth-order valence-corrected chi connectivity index (χ4v) is 2.58. The largest absolute Gasteiger partial charge is 0.466 e. The first-order chi connectivity index (χ1) is 9.11. The number of benzene rings is 1. The van der Waals surface area contributed by atoms with Crippen molar-refractivity contribution < 1.29 is 13.9 Å². The van der Waals surface area contributed by atoms with Crippen LogP contribution in [-0.4, -0.2) is 22.4 Å². The standard InChI is InChI=1S/C14H15FN2O2/c1-3-19-14(18)10-6-9(10)8-4-5-12(15)13-11(8)7-17(2)16-13/h4-5,7,9-10H,3,6H2,1-2H3. The van der Waals surface area contributed by atoms with E-state index >= 15 is 0 Å². The van der Waals surface area contributed by atoms with Crippen molar-refractivity contribution in [2.45, 2.75) is 19.3 Å². The molecule has 0 radical (unpaired) electrons. The van der Waals surface area contributed by atoms with E-state index in [1.54, 1.807) is 30.9 Å². The van der Waals surface area contributed by atoms with Gasteiger partial charge in [-0.3, -0.25) is 9.48 Å². The molecular weight excluding hydrogens is 247 g/mol. The second kappa shape index (κ2) is 4.33. The number of hydrogen-bond donors (Lipinski definition) is 0. The number of carbonyl (C=O) groups excluding carboxylic acids is 1. The summed E-state index contributed by atoms with van der Waals surface area (Å²) in [6.45, 7) is 2.19. The Morgan fingerprint density at radius 2 is 2.37 bits per heavy atom. The van der Waals surface area contributed by atoms with Crippen molar-refractivity contribution in [2.75, 3.05) is 6.61 Å². The fourth-order valence-electron chi connectivity index (χ4n) is 2.58. The van der Waals surface area contributed by atoms with Gasteiger partial charge in [0.25, 0.3) is 0 Å². The van der Waals surface area contributed by atoms with Crippen molar-refractivity contribution in [1.82, 2.24) is 9.78 Å². The number of esters is 1. The lowest BCUT2D eigenvalue weighted by molar-refractivity contribution is -0.144. The van der Waals surface area contributed by atoms with Gasteiger partial charge >= 0.3 is 5.97 Å². The van der Waals surface area contributed by atoms with Gasteiger partial charge < -0.3 is 4.74 Å². The molecule has 3 rings (SSSR count). The van der Waals surface area contributed by atoms with E-state index in [0.29, 0.717) is 12.1 Å². The molecule has 1 saturated carbocycles. The third kappa shape index (κ3) is 1.99. The summed E-state index contributed by atoms with van der Waals surface area (Å²) in [6, 6.07) is 3.18. The Bertz CT molecular complexity index is 650. The van der Waals surface area contributed by atoms with Gasteiger partial charge in [0.2, 0.25) is 0 Å². The molecule has 1 aliphatic rings. The van der Waals surface area contributed by atoms with Crippen molar-refractivity contribution in [3.8, 4) is 0 Å². The van der Waals surface area contributed by atoms with Gasteiger partial charge in [-0.1, -0.05) is 6.07 Å². The molecule has 1 fully saturated rings. The summed E-state index contributed by atoms with van der Waals surface area (Å²) in [5.41, 5.74) is 1.36. The first kappa shape index (κ1) is 12.1.